The highest BCUT2D eigenvalue weighted by Crippen LogP contribution is 2.30. The van der Waals surface area contributed by atoms with E-state index >= 15 is 0 Å². The molecule has 304 valence electrons. The summed E-state index contributed by atoms with van der Waals surface area (Å²) in [5.74, 6) is -0.354. The number of rotatable bonds is 12. The Kier molecular flexibility index (Phi) is 16.2. The zero-order chi connectivity index (χ0) is 43.1. The summed E-state index contributed by atoms with van der Waals surface area (Å²) in [4.78, 5) is 54.6. The molecule has 5 N–H and O–H groups in total. The molecule has 0 fully saturated rings. The number of carbonyl (C=O) groups excluding carboxylic acids is 2. The number of Topliss-reactive ketones (excluding diaryl/α,β-unsaturated/α-hetero) is 1. The van der Waals surface area contributed by atoms with Gasteiger partial charge in [0.25, 0.3) is 0 Å². The van der Waals surface area contributed by atoms with Gasteiger partial charge >= 0.3 is 26.0 Å². The van der Waals surface area contributed by atoms with E-state index in [2.05, 4.69) is 10.6 Å². The van der Waals surface area contributed by atoms with E-state index in [4.69, 9.17) is 24.4 Å². The molecule has 0 aliphatic heterocycles. The number of aryl methyl sites for hydroxylation is 2. The molecule has 1 unspecified atom stereocenters. The molecule has 0 saturated heterocycles. The Bertz CT molecular complexity index is 2470. The van der Waals surface area contributed by atoms with Gasteiger partial charge in [-0.05, 0) is 125 Å². The summed E-state index contributed by atoms with van der Waals surface area (Å²) in [7, 11) is 2.32. The fraction of sp³-hybridized carbons (Fsp3) is 0.156. The molecule has 6 rings (SSSR count). The Morgan fingerprint density at radius 3 is 2.00 bits per heavy atom. The van der Waals surface area contributed by atoms with Crippen LogP contribution >= 0.6 is 8.03 Å². The molecule has 6 aromatic rings. The third kappa shape index (κ3) is 13.0. The van der Waals surface area contributed by atoms with Gasteiger partial charge in [-0.2, -0.15) is 4.89 Å². The maximum Gasteiger partial charge on any atom is 0.546 e. The van der Waals surface area contributed by atoms with Crippen LogP contribution in [0.25, 0.3) is 21.9 Å². The molecule has 14 heteroatoms. The van der Waals surface area contributed by atoms with Gasteiger partial charge in [0.15, 0.2) is 5.78 Å². The normalized spacial score (nSPS) is 10.4. The van der Waals surface area contributed by atoms with Gasteiger partial charge in [-0.3, -0.25) is 9.59 Å². The number of carbonyl (C=O) groups is 4. The first-order valence-corrected chi connectivity index (χ1v) is 19.2. The van der Waals surface area contributed by atoms with Gasteiger partial charge in [-0.25, -0.2) is 9.59 Å². The first kappa shape index (κ1) is 44.6. The second kappa shape index (κ2) is 21.4. The van der Waals surface area contributed by atoms with Crippen molar-refractivity contribution in [1.82, 2.24) is 0 Å². The van der Waals surface area contributed by atoms with Crippen LogP contribution in [0.4, 0.5) is 16.2 Å². The Hall–Kier alpha value is -7.08. The largest absolute Gasteiger partial charge is 0.546 e. The van der Waals surface area contributed by atoms with Crippen LogP contribution in [-0.2, 0) is 9.36 Å². The van der Waals surface area contributed by atoms with Gasteiger partial charge < -0.3 is 35.1 Å². The third-order valence-electron chi connectivity index (χ3n) is 8.75. The van der Waals surface area contributed by atoms with Gasteiger partial charge in [-0.1, -0.05) is 42.5 Å². The molecule has 0 radical (unpaired) electrons. The average molecular weight is 820 g/mol. The van der Waals surface area contributed by atoms with Crippen molar-refractivity contribution in [3.63, 3.8) is 0 Å². The predicted molar refractivity (Wildman–Crippen MR) is 228 cm³/mol. The summed E-state index contributed by atoms with van der Waals surface area (Å²) in [6.45, 7) is 3.86. The number of hydrogen-bond donors (Lipinski definition) is 5. The van der Waals surface area contributed by atoms with Gasteiger partial charge in [0.2, 0.25) is 5.30 Å². The topological polar surface area (TPSA) is 198 Å². The van der Waals surface area contributed by atoms with Crippen molar-refractivity contribution in [3.8, 4) is 28.4 Å². The summed E-state index contributed by atoms with van der Waals surface area (Å²) in [6, 6.07) is 34.9. The number of amides is 2. The summed E-state index contributed by atoms with van der Waals surface area (Å²) < 4.78 is 26.8. The number of carboxylic acids is 2. The first-order valence-electron chi connectivity index (χ1n) is 18.0. The van der Waals surface area contributed by atoms with Crippen LogP contribution in [-0.4, -0.2) is 60.2 Å². The number of anilines is 2. The van der Waals surface area contributed by atoms with Gasteiger partial charge in [0.1, 0.15) is 17.2 Å². The molecular formula is C45H44N2O11P+. The molecule has 59 heavy (non-hydrogen) atoms. The van der Waals surface area contributed by atoms with E-state index in [0.717, 1.165) is 50.2 Å². The molecule has 13 nitrogen and oxygen atoms in total. The molecule has 0 heterocycles. The number of urea groups is 1. The Morgan fingerprint density at radius 2 is 1.36 bits per heavy atom. The second-order valence-electron chi connectivity index (χ2n) is 12.9. The van der Waals surface area contributed by atoms with Gasteiger partial charge in [0.05, 0.1) is 38.9 Å². The number of ketones is 1. The van der Waals surface area contributed by atoms with Crippen LogP contribution in [0.1, 0.15) is 44.7 Å². The highest BCUT2D eigenvalue weighted by atomic mass is 31.1. The van der Waals surface area contributed by atoms with Gasteiger partial charge in [-0.15, -0.1) is 0 Å². The number of hydrogen-bond acceptors (Lipinski definition) is 8. The monoisotopic (exact) mass is 819 g/mol. The number of ether oxygens (including phenoxy) is 3. The SMILES string of the molecule is COc1ccc2cc(C(=O)CCC(=O)O)c(OC)cc2c1.COc1cccc(-c2ccccc2[P+](=O)O)c1.Cc1ccc(C)c(NC(=O)Nc2ccc(C(=O)O)cc2)c1. The lowest BCUT2D eigenvalue weighted by molar-refractivity contribution is -0.136. The van der Waals surface area contributed by atoms with Crippen molar-refractivity contribution >= 4 is 59.2 Å². The quantitative estimate of drug-likeness (QED) is 0.0583. The highest BCUT2D eigenvalue weighted by molar-refractivity contribution is 7.47. The minimum Gasteiger partial charge on any atom is -0.497 e. The molecule has 0 aliphatic carbocycles. The van der Waals surface area contributed by atoms with Crippen molar-refractivity contribution < 1.29 is 53.1 Å². The van der Waals surface area contributed by atoms with Crippen LogP contribution in [0.5, 0.6) is 17.2 Å². The summed E-state index contributed by atoms with van der Waals surface area (Å²) in [6.07, 6.45) is -0.240. The summed E-state index contributed by atoms with van der Waals surface area (Å²) >= 11 is 0. The third-order valence-corrected chi connectivity index (χ3v) is 9.56. The molecule has 2 amide bonds. The van der Waals surface area contributed by atoms with Crippen molar-refractivity contribution in [1.29, 1.82) is 0 Å². The lowest BCUT2D eigenvalue weighted by Gasteiger charge is -2.10. The zero-order valence-corrected chi connectivity index (χ0v) is 33.9. The van der Waals surface area contributed by atoms with Crippen molar-refractivity contribution in [3.05, 3.63) is 144 Å². The lowest BCUT2D eigenvalue weighted by Crippen LogP contribution is -2.20. The molecule has 0 aliphatic rings. The average Bonchev–Trinajstić information content (AvgIpc) is 3.24. The van der Waals surface area contributed by atoms with Crippen LogP contribution in [0.15, 0.2) is 121 Å². The first-order chi connectivity index (χ1) is 28.2. The number of carboxylic acid groups (broad SMARTS) is 2. The van der Waals surface area contributed by atoms with Crippen LogP contribution in [0, 0.1) is 13.8 Å². The predicted octanol–water partition coefficient (Wildman–Crippen LogP) is 9.27. The highest BCUT2D eigenvalue weighted by Gasteiger charge is 2.22. The minimum absolute atomic E-state index is 0.0483. The van der Waals surface area contributed by atoms with E-state index in [9.17, 15) is 28.6 Å². The zero-order valence-electron chi connectivity index (χ0n) is 33.0. The molecule has 0 aromatic heterocycles. The molecular weight excluding hydrogens is 775 g/mol. The second-order valence-corrected chi connectivity index (χ2v) is 13.9. The maximum atomic E-state index is 12.1. The Labute approximate surface area is 342 Å². The van der Waals surface area contributed by atoms with E-state index in [-0.39, 0.29) is 30.2 Å². The van der Waals surface area contributed by atoms with E-state index in [1.54, 1.807) is 56.7 Å². The van der Waals surface area contributed by atoms with Crippen LogP contribution in [0.2, 0.25) is 0 Å². The molecule has 0 spiro atoms. The van der Waals surface area contributed by atoms with Crippen molar-refractivity contribution in [2.24, 2.45) is 0 Å². The Morgan fingerprint density at radius 1 is 0.661 bits per heavy atom. The number of nitrogens with one attached hydrogen (secondary N) is 2. The van der Waals surface area contributed by atoms with Crippen LogP contribution in [0.3, 0.4) is 0 Å². The lowest BCUT2D eigenvalue weighted by atomic mass is 10.0. The number of aromatic carboxylic acids is 1. The van der Waals surface area contributed by atoms with E-state index in [1.165, 1.54) is 19.2 Å². The number of fused-ring (bicyclic) bond motifs is 1. The van der Waals surface area contributed by atoms with Crippen molar-refractivity contribution in [2.75, 3.05) is 32.0 Å². The molecule has 0 bridgehead atoms. The Balaban J connectivity index is 0.000000197. The fourth-order valence-electron chi connectivity index (χ4n) is 5.65. The van der Waals surface area contributed by atoms with E-state index in [0.29, 0.717) is 22.3 Å². The molecule has 0 saturated carbocycles. The van der Waals surface area contributed by atoms with Crippen molar-refractivity contribution in [2.45, 2.75) is 26.7 Å². The standard InChI is InChI=1S/C16H16N2O3.C16H16O5.C13H11O3P/c1-10-3-4-11(2)14(9-10)18-16(21)17-13-7-5-12(6-8-13)15(19)20;1-20-12-4-3-10-8-13(14(17)5-6-16(18)19)15(21-2)9-11(10)7-12;1-16-11-6-4-5-10(9-11)12-7-2-3-8-13(12)17(14)15/h3-9H,1-2H3,(H,19,20)(H2,17,18,21);3-4,7-9H,5-6H2,1-2H3,(H,18,19);2-9H,1H3/p+1. The number of aliphatic carboxylic acids is 1. The maximum absolute atomic E-state index is 12.1. The number of benzene rings is 6. The number of methoxy groups -OCH3 is 3. The minimum atomic E-state index is -2.34. The van der Waals surface area contributed by atoms with Gasteiger partial charge in [0, 0.05) is 23.4 Å². The van der Waals surface area contributed by atoms with E-state index < -0.39 is 20.0 Å². The van der Waals surface area contributed by atoms with Crippen LogP contribution < -0.4 is 30.1 Å². The van der Waals surface area contributed by atoms with E-state index in [1.807, 2.05) is 80.6 Å². The fourth-order valence-corrected chi connectivity index (χ4v) is 6.27. The smallest absolute Gasteiger partial charge is 0.497 e. The molecule has 1 atom stereocenters. The molecule has 6 aromatic carbocycles. The summed E-state index contributed by atoms with van der Waals surface area (Å²) in [5, 5.41) is 25.1. The summed E-state index contributed by atoms with van der Waals surface area (Å²) in [5.41, 5.74) is 5.51.